The molecular formula is C12H19N3O2S. The highest BCUT2D eigenvalue weighted by atomic mass is 32.1. The molecule has 0 saturated carbocycles. The lowest BCUT2D eigenvalue weighted by Crippen LogP contribution is -2.22. The van der Waals surface area contributed by atoms with Gasteiger partial charge in [-0.15, -0.1) is 11.3 Å². The van der Waals surface area contributed by atoms with Crippen molar-refractivity contribution >= 4 is 33.7 Å². The average molecular weight is 269 g/mol. The molecule has 0 aromatic carbocycles. The van der Waals surface area contributed by atoms with Gasteiger partial charge in [0.05, 0.1) is 16.1 Å². The summed E-state index contributed by atoms with van der Waals surface area (Å²) in [4.78, 5) is 23.7. The number of amides is 1. The van der Waals surface area contributed by atoms with Gasteiger partial charge in [0.1, 0.15) is 5.00 Å². The van der Waals surface area contributed by atoms with Crippen molar-refractivity contribution in [3.8, 4) is 0 Å². The predicted molar refractivity (Wildman–Crippen MR) is 75.5 cm³/mol. The number of carbonyl (C=O) groups is 2. The van der Waals surface area contributed by atoms with E-state index < -0.39 is 0 Å². The summed E-state index contributed by atoms with van der Waals surface area (Å²) in [5.74, 6) is -0.401. The molecule has 18 heavy (non-hydrogen) atoms. The van der Waals surface area contributed by atoms with Crippen molar-refractivity contribution in [1.29, 1.82) is 0 Å². The first-order valence-electron chi connectivity index (χ1n) is 5.84. The minimum atomic E-state index is -0.276. The fourth-order valence-corrected chi connectivity index (χ4v) is 2.61. The van der Waals surface area contributed by atoms with Crippen molar-refractivity contribution in [2.75, 3.05) is 18.1 Å². The number of Topliss-reactive ketones (excluding diaryl/α,β-unsaturated/α-hetero) is 1. The normalized spacial score (nSPS) is 12.0. The molecule has 0 fully saturated rings. The Morgan fingerprint density at radius 1 is 1.44 bits per heavy atom. The van der Waals surface area contributed by atoms with Crippen LogP contribution in [-0.4, -0.2) is 24.8 Å². The van der Waals surface area contributed by atoms with E-state index in [1.165, 1.54) is 18.3 Å². The Morgan fingerprint density at radius 3 is 2.50 bits per heavy atom. The Balaban J connectivity index is 3.26. The lowest BCUT2D eigenvalue weighted by atomic mass is 10.2. The van der Waals surface area contributed by atoms with Crippen LogP contribution >= 0.6 is 11.3 Å². The van der Waals surface area contributed by atoms with Gasteiger partial charge < -0.3 is 16.4 Å². The molecule has 1 unspecified atom stereocenters. The lowest BCUT2D eigenvalue weighted by Gasteiger charge is -2.12. The molecular weight excluding hydrogens is 250 g/mol. The van der Waals surface area contributed by atoms with Crippen molar-refractivity contribution in [2.24, 2.45) is 0 Å². The second-order valence-electron chi connectivity index (χ2n) is 4.14. The highest BCUT2D eigenvalue weighted by molar-refractivity contribution is 7.19. The molecule has 1 aromatic heterocycles. The van der Waals surface area contributed by atoms with Crippen LogP contribution < -0.4 is 16.4 Å². The van der Waals surface area contributed by atoms with E-state index in [0.717, 1.165) is 6.42 Å². The van der Waals surface area contributed by atoms with Crippen molar-refractivity contribution < 1.29 is 9.59 Å². The SMILES string of the molecule is CCC(C)Nc1sc(C(C)=O)c(N)c1C(=O)NC. The second-order valence-corrected chi connectivity index (χ2v) is 5.16. The zero-order chi connectivity index (χ0) is 13.9. The molecule has 1 aromatic rings. The number of carbonyl (C=O) groups excluding carboxylic acids is 2. The Hall–Kier alpha value is -1.56. The third kappa shape index (κ3) is 2.81. The fourth-order valence-electron chi connectivity index (χ4n) is 1.48. The average Bonchev–Trinajstić information content (AvgIpc) is 2.65. The lowest BCUT2D eigenvalue weighted by molar-refractivity contribution is 0.0965. The van der Waals surface area contributed by atoms with E-state index in [-0.39, 0.29) is 23.4 Å². The van der Waals surface area contributed by atoms with Crippen LogP contribution in [0, 0.1) is 0 Å². The quantitative estimate of drug-likeness (QED) is 0.715. The molecule has 1 heterocycles. The maximum atomic E-state index is 11.8. The number of nitrogens with one attached hydrogen (secondary N) is 2. The van der Waals surface area contributed by atoms with E-state index in [1.54, 1.807) is 7.05 Å². The third-order valence-electron chi connectivity index (χ3n) is 2.71. The molecule has 4 N–H and O–H groups in total. The highest BCUT2D eigenvalue weighted by Gasteiger charge is 2.23. The van der Waals surface area contributed by atoms with E-state index in [2.05, 4.69) is 10.6 Å². The largest absolute Gasteiger partial charge is 0.397 e. The van der Waals surface area contributed by atoms with Crippen LogP contribution in [0.3, 0.4) is 0 Å². The van der Waals surface area contributed by atoms with Crippen molar-refractivity contribution in [2.45, 2.75) is 33.2 Å². The number of nitrogen functional groups attached to an aromatic ring is 1. The van der Waals surface area contributed by atoms with Crippen molar-refractivity contribution in [3.05, 3.63) is 10.4 Å². The first kappa shape index (κ1) is 14.5. The minimum Gasteiger partial charge on any atom is -0.397 e. The molecule has 0 aliphatic heterocycles. The first-order valence-corrected chi connectivity index (χ1v) is 6.65. The minimum absolute atomic E-state index is 0.125. The molecule has 0 spiro atoms. The van der Waals surface area contributed by atoms with E-state index in [1.807, 2.05) is 13.8 Å². The van der Waals surface area contributed by atoms with Crippen LogP contribution in [0.25, 0.3) is 0 Å². The summed E-state index contributed by atoms with van der Waals surface area (Å²) >= 11 is 1.24. The third-order valence-corrected chi connectivity index (χ3v) is 3.95. The van der Waals surface area contributed by atoms with Gasteiger partial charge in [-0.3, -0.25) is 9.59 Å². The standard InChI is InChI=1S/C12H19N3O2S/c1-5-6(2)15-12-8(11(17)14-4)9(13)10(18-12)7(3)16/h6,15H,5,13H2,1-4H3,(H,14,17). The summed E-state index contributed by atoms with van der Waals surface area (Å²) in [5.41, 5.74) is 6.52. The van der Waals surface area contributed by atoms with Crippen LogP contribution in [0.15, 0.2) is 0 Å². The predicted octanol–water partition coefficient (Wildman–Crippen LogP) is 2.10. The number of thiophene rings is 1. The number of rotatable bonds is 5. The van der Waals surface area contributed by atoms with E-state index in [9.17, 15) is 9.59 Å². The molecule has 1 atom stereocenters. The molecule has 0 aliphatic carbocycles. The summed E-state index contributed by atoms with van der Waals surface area (Å²) in [6, 6.07) is 0.214. The van der Waals surface area contributed by atoms with Crippen LogP contribution in [-0.2, 0) is 0 Å². The zero-order valence-corrected chi connectivity index (χ0v) is 11.9. The van der Waals surface area contributed by atoms with Crippen molar-refractivity contribution in [1.82, 2.24) is 5.32 Å². The second kappa shape index (κ2) is 5.86. The van der Waals surface area contributed by atoms with E-state index in [4.69, 9.17) is 5.73 Å². The summed E-state index contributed by atoms with van der Waals surface area (Å²) < 4.78 is 0. The Morgan fingerprint density at radius 2 is 2.06 bits per heavy atom. The Labute approximate surface area is 111 Å². The summed E-state index contributed by atoms with van der Waals surface area (Å²) in [6.45, 7) is 5.50. The number of nitrogens with two attached hydrogens (primary N) is 1. The van der Waals surface area contributed by atoms with Crippen LogP contribution in [0.4, 0.5) is 10.7 Å². The van der Waals surface area contributed by atoms with Gasteiger partial charge in [0.15, 0.2) is 5.78 Å². The number of hydrogen-bond donors (Lipinski definition) is 3. The highest BCUT2D eigenvalue weighted by Crippen LogP contribution is 2.36. The van der Waals surface area contributed by atoms with Crippen LogP contribution in [0.2, 0.25) is 0 Å². The molecule has 5 nitrogen and oxygen atoms in total. The summed E-state index contributed by atoms with van der Waals surface area (Å²) in [5, 5.41) is 6.42. The van der Waals surface area contributed by atoms with Gasteiger partial charge in [0.2, 0.25) is 0 Å². The summed E-state index contributed by atoms with van der Waals surface area (Å²) in [6.07, 6.45) is 0.917. The molecule has 0 bridgehead atoms. The number of hydrogen-bond acceptors (Lipinski definition) is 5. The van der Waals surface area contributed by atoms with E-state index in [0.29, 0.717) is 15.4 Å². The van der Waals surface area contributed by atoms with Gasteiger partial charge in [-0.1, -0.05) is 6.92 Å². The molecule has 1 rings (SSSR count). The Kier molecular flexibility index (Phi) is 4.72. The van der Waals surface area contributed by atoms with Gasteiger partial charge in [-0.05, 0) is 13.3 Å². The Bertz CT molecular complexity index is 468. The van der Waals surface area contributed by atoms with Gasteiger partial charge in [0, 0.05) is 20.0 Å². The molecule has 1 amide bonds. The van der Waals surface area contributed by atoms with Crippen molar-refractivity contribution in [3.63, 3.8) is 0 Å². The van der Waals surface area contributed by atoms with Crippen LogP contribution in [0.1, 0.15) is 47.2 Å². The first-order chi connectivity index (χ1) is 8.42. The molecule has 6 heteroatoms. The smallest absolute Gasteiger partial charge is 0.256 e. The van der Waals surface area contributed by atoms with Gasteiger partial charge in [-0.25, -0.2) is 0 Å². The summed E-state index contributed by atoms with van der Waals surface area (Å²) in [7, 11) is 1.54. The molecule has 100 valence electrons. The molecule has 0 radical (unpaired) electrons. The van der Waals surface area contributed by atoms with Gasteiger partial charge >= 0.3 is 0 Å². The van der Waals surface area contributed by atoms with Crippen LogP contribution in [0.5, 0.6) is 0 Å². The maximum absolute atomic E-state index is 11.8. The van der Waals surface area contributed by atoms with Gasteiger partial charge in [-0.2, -0.15) is 0 Å². The monoisotopic (exact) mass is 269 g/mol. The molecule has 0 aliphatic rings. The number of anilines is 2. The van der Waals surface area contributed by atoms with Gasteiger partial charge in [0.25, 0.3) is 5.91 Å². The number of ketones is 1. The maximum Gasteiger partial charge on any atom is 0.256 e. The van der Waals surface area contributed by atoms with E-state index >= 15 is 0 Å². The zero-order valence-electron chi connectivity index (χ0n) is 11.1. The topological polar surface area (TPSA) is 84.2 Å². The molecule has 0 saturated heterocycles. The fraction of sp³-hybridized carbons (Fsp3) is 0.500.